The Morgan fingerprint density at radius 2 is 2.28 bits per heavy atom. The summed E-state index contributed by atoms with van der Waals surface area (Å²) in [6.07, 6.45) is -0.235. The van der Waals surface area contributed by atoms with E-state index in [1.807, 2.05) is 0 Å². The number of aromatic amines is 1. The molecule has 0 spiro atoms. The number of ether oxygens (including phenoxy) is 1. The third-order valence-electron chi connectivity index (χ3n) is 3.02. The molecule has 1 aromatic heterocycles. The molecule has 0 bridgehead atoms. The lowest BCUT2D eigenvalue weighted by molar-refractivity contribution is 0.00448. The van der Waals surface area contributed by atoms with Crippen molar-refractivity contribution in [3.63, 3.8) is 0 Å². The predicted molar refractivity (Wildman–Crippen MR) is 65.6 cm³/mol. The fourth-order valence-electron chi connectivity index (χ4n) is 2.10. The van der Waals surface area contributed by atoms with Gasteiger partial charge in [0.25, 0.3) is 0 Å². The van der Waals surface area contributed by atoms with Crippen LogP contribution < -0.4 is 5.73 Å². The molecule has 1 saturated heterocycles. The normalized spacial score (nSPS) is 22.3. The lowest BCUT2D eigenvalue weighted by Crippen LogP contribution is -2.48. The monoisotopic (exact) mass is 274 g/mol. The highest BCUT2D eigenvalue weighted by Crippen LogP contribution is 2.23. The van der Waals surface area contributed by atoms with Crippen molar-refractivity contribution in [2.45, 2.75) is 24.8 Å². The van der Waals surface area contributed by atoms with Gasteiger partial charge in [0.15, 0.2) is 0 Å². The van der Waals surface area contributed by atoms with Crippen LogP contribution in [0.15, 0.2) is 4.90 Å². The molecule has 1 aliphatic rings. The van der Waals surface area contributed by atoms with Crippen molar-refractivity contribution in [3.05, 3.63) is 11.4 Å². The van der Waals surface area contributed by atoms with Gasteiger partial charge in [-0.1, -0.05) is 0 Å². The van der Waals surface area contributed by atoms with E-state index in [2.05, 4.69) is 10.2 Å². The lowest BCUT2D eigenvalue weighted by atomic mass is 10.3. The maximum atomic E-state index is 12.5. The molecule has 1 aromatic rings. The molecule has 2 heterocycles. The Morgan fingerprint density at radius 3 is 2.83 bits per heavy atom. The summed E-state index contributed by atoms with van der Waals surface area (Å²) in [6.45, 7) is 4.71. The largest absolute Gasteiger partial charge is 0.374 e. The first-order valence-electron chi connectivity index (χ1n) is 5.80. The van der Waals surface area contributed by atoms with Crippen molar-refractivity contribution in [2.75, 3.05) is 26.2 Å². The molecule has 1 atom stereocenters. The average Bonchev–Trinajstić information content (AvgIpc) is 2.69. The van der Waals surface area contributed by atoms with Gasteiger partial charge in [-0.25, -0.2) is 8.42 Å². The number of aromatic nitrogens is 2. The van der Waals surface area contributed by atoms with Crippen LogP contribution in [0.2, 0.25) is 0 Å². The quantitative estimate of drug-likeness (QED) is 0.764. The molecular weight excluding hydrogens is 256 g/mol. The van der Waals surface area contributed by atoms with Gasteiger partial charge in [-0.05, 0) is 13.8 Å². The van der Waals surface area contributed by atoms with E-state index >= 15 is 0 Å². The summed E-state index contributed by atoms with van der Waals surface area (Å²) in [5.41, 5.74) is 6.57. The van der Waals surface area contributed by atoms with Gasteiger partial charge in [0.05, 0.1) is 24.1 Å². The number of morpholine rings is 1. The van der Waals surface area contributed by atoms with Gasteiger partial charge < -0.3 is 10.5 Å². The van der Waals surface area contributed by atoms with Crippen molar-refractivity contribution in [3.8, 4) is 0 Å². The second kappa shape index (κ2) is 4.96. The number of hydrogen-bond donors (Lipinski definition) is 2. The Kier molecular flexibility index (Phi) is 3.71. The standard InChI is InChI=1S/C10H18N4O3S/c1-7-10(8(2)13-12-7)18(15,16)14-3-4-17-9(5-11)6-14/h9H,3-6,11H2,1-2H3,(H,12,13)/t9-/m1/s1. The Morgan fingerprint density at radius 1 is 1.56 bits per heavy atom. The van der Waals surface area contributed by atoms with E-state index in [1.54, 1.807) is 13.8 Å². The van der Waals surface area contributed by atoms with Crippen LogP contribution >= 0.6 is 0 Å². The van der Waals surface area contributed by atoms with Gasteiger partial charge in [0.1, 0.15) is 4.90 Å². The van der Waals surface area contributed by atoms with E-state index in [4.69, 9.17) is 10.5 Å². The van der Waals surface area contributed by atoms with Crippen molar-refractivity contribution >= 4 is 10.0 Å². The van der Waals surface area contributed by atoms with E-state index in [0.29, 0.717) is 37.6 Å². The van der Waals surface area contributed by atoms with Gasteiger partial charge in [0.2, 0.25) is 10.0 Å². The first kappa shape index (κ1) is 13.5. The molecule has 1 fully saturated rings. The van der Waals surface area contributed by atoms with Gasteiger partial charge in [-0.15, -0.1) is 0 Å². The van der Waals surface area contributed by atoms with Crippen LogP contribution in [0.1, 0.15) is 11.4 Å². The fourth-order valence-corrected chi connectivity index (χ4v) is 3.89. The number of aryl methyl sites for hydroxylation is 2. The average molecular weight is 274 g/mol. The Hall–Kier alpha value is -0.960. The molecule has 0 radical (unpaired) electrons. The lowest BCUT2D eigenvalue weighted by Gasteiger charge is -2.31. The minimum Gasteiger partial charge on any atom is -0.374 e. The second-order valence-corrected chi connectivity index (χ2v) is 6.23. The highest BCUT2D eigenvalue weighted by Gasteiger charge is 2.33. The van der Waals surface area contributed by atoms with E-state index < -0.39 is 10.0 Å². The summed E-state index contributed by atoms with van der Waals surface area (Å²) in [5, 5.41) is 6.63. The van der Waals surface area contributed by atoms with Crippen molar-refractivity contribution in [1.82, 2.24) is 14.5 Å². The summed E-state index contributed by atoms with van der Waals surface area (Å²) in [6, 6.07) is 0. The summed E-state index contributed by atoms with van der Waals surface area (Å²) < 4.78 is 31.8. The zero-order chi connectivity index (χ0) is 13.3. The summed E-state index contributed by atoms with van der Waals surface area (Å²) in [7, 11) is -3.52. The molecule has 102 valence electrons. The molecular formula is C10H18N4O3S. The fraction of sp³-hybridized carbons (Fsp3) is 0.700. The predicted octanol–water partition coefficient (Wildman–Crippen LogP) is -0.625. The molecule has 0 aromatic carbocycles. The van der Waals surface area contributed by atoms with E-state index in [1.165, 1.54) is 4.31 Å². The summed E-state index contributed by atoms with van der Waals surface area (Å²) in [4.78, 5) is 0.264. The molecule has 18 heavy (non-hydrogen) atoms. The van der Waals surface area contributed by atoms with Crippen molar-refractivity contribution in [1.29, 1.82) is 0 Å². The Labute approximate surface area is 106 Å². The third-order valence-corrected chi connectivity index (χ3v) is 5.15. The van der Waals surface area contributed by atoms with Crippen LogP contribution in [0.5, 0.6) is 0 Å². The molecule has 0 unspecified atom stereocenters. The van der Waals surface area contributed by atoms with Crippen molar-refractivity contribution in [2.24, 2.45) is 5.73 Å². The van der Waals surface area contributed by atoms with Gasteiger partial charge in [-0.3, -0.25) is 5.10 Å². The van der Waals surface area contributed by atoms with E-state index in [9.17, 15) is 8.42 Å². The third kappa shape index (κ3) is 2.28. The zero-order valence-electron chi connectivity index (χ0n) is 10.5. The first-order chi connectivity index (χ1) is 8.46. The van der Waals surface area contributed by atoms with Crippen LogP contribution in [0.4, 0.5) is 0 Å². The van der Waals surface area contributed by atoms with Crippen LogP contribution in [-0.4, -0.2) is 55.3 Å². The first-order valence-corrected chi connectivity index (χ1v) is 7.24. The number of hydrogen-bond acceptors (Lipinski definition) is 5. The maximum absolute atomic E-state index is 12.5. The number of nitrogens with one attached hydrogen (secondary N) is 1. The van der Waals surface area contributed by atoms with Crippen LogP contribution in [-0.2, 0) is 14.8 Å². The smallest absolute Gasteiger partial charge is 0.246 e. The minimum absolute atomic E-state index is 0.235. The molecule has 0 saturated carbocycles. The van der Waals surface area contributed by atoms with Gasteiger partial charge >= 0.3 is 0 Å². The Balaban J connectivity index is 2.31. The summed E-state index contributed by atoms with van der Waals surface area (Å²) in [5.74, 6) is 0. The van der Waals surface area contributed by atoms with Gasteiger partial charge in [-0.2, -0.15) is 9.40 Å². The Bertz CT molecular complexity index is 506. The van der Waals surface area contributed by atoms with Crippen LogP contribution in [0.3, 0.4) is 0 Å². The van der Waals surface area contributed by atoms with E-state index in [-0.39, 0.29) is 11.0 Å². The highest BCUT2D eigenvalue weighted by molar-refractivity contribution is 7.89. The number of rotatable bonds is 3. The molecule has 8 heteroatoms. The minimum atomic E-state index is -3.52. The maximum Gasteiger partial charge on any atom is 0.246 e. The van der Waals surface area contributed by atoms with Crippen LogP contribution in [0.25, 0.3) is 0 Å². The molecule has 7 nitrogen and oxygen atoms in total. The molecule has 0 aliphatic carbocycles. The topological polar surface area (TPSA) is 101 Å². The second-order valence-electron chi connectivity index (χ2n) is 4.35. The molecule has 2 rings (SSSR count). The number of H-pyrrole nitrogens is 1. The van der Waals surface area contributed by atoms with Crippen molar-refractivity contribution < 1.29 is 13.2 Å². The summed E-state index contributed by atoms with van der Waals surface area (Å²) >= 11 is 0. The molecule has 0 amide bonds. The number of nitrogens with zero attached hydrogens (tertiary/aromatic N) is 2. The zero-order valence-corrected chi connectivity index (χ0v) is 11.3. The molecule has 3 N–H and O–H groups in total. The number of nitrogens with two attached hydrogens (primary N) is 1. The van der Waals surface area contributed by atoms with E-state index in [0.717, 1.165) is 0 Å². The van der Waals surface area contributed by atoms with Crippen LogP contribution in [0, 0.1) is 13.8 Å². The molecule has 1 aliphatic heterocycles. The highest BCUT2D eigenvalue weighted by atomic mass is 32.2. The number of sulfonamides is 1. The van der Waals surface area contributed by atoms with Gasteiger partial charge in [0, 0.05) is 19.6 Å². The SMILES string of the molecule is Cc1n[nH]c(C)c1S(=O)(=O)N1CCO[C@H](CN)C1.